The summed E-state index contributed by atoms with van der Waals surface area (Å²) in [6, 6.07) is 12.8. The van der Waals surface area contributed by atoms with Crippen molar-refractivity contribution in [1.82, 2.24) is 15.2 Å². The Morgan fingerprint density at radius 1 is 1.21 bits per heavy atom. The van der Waals surface area contributed by atoms with Gasteiger partial charge in [0.25, 0.3) is 0 Å². The van der Waals surface area contributed by atoms with Gasteiger partial charge in [-0.2, -0.15) is 0 Å². The summed E-state index contributed by atoms with van der Waals surface area (Å²) in [4.78, 5) is 42.5. The molecule has 1 aliphatic rings. The van der Waals surface area contributed by atoms with Crippen LogP contribution in [0, 0.1) is 6.92 Å². The quantitative estimate of drug-likeness (QED) is 0.719. The molecule has 2 heterocycles. The van der Waals surface area contributed by atoms with Crippen LogP contribution in [0.4, 0.5) is 5.69 Å². The molecule has 1 aromatic heterocycles. The van der Waals surface area contributed by atoms with E-state index in [4.69, 9.17) is 0 Å². The maximum absolute atomic E-state index is 12.8. The van der Waals surface area contributed by atoms with E-state index in [1.165, 1.54) is 0 Å². The number of aryl methyl sites for hydroxylation is 1. The second kappa shape index (κ2) is 9.12. The van der Waals surface area contributed by atoms with E-state index < -0.39 is 0 Å². The molecule has 3 rings (SSSR count). The maximum Gasteiger partial charge on any atom is 0.233 e. The number of pyridine rings is 1. The summed E-state index contributed by atoms with van der Waals surface area (Å²) in [5.41, 5.74) is 2.36. The summed E-state index contributed by atoms with van der Waals surface area (Å²) < 4.78 is 0. The topological polar surface area (TPSA) is 91.4 Å². The van der Waals surface area contributed by atoms with Crippen molar-refractivity contribution >= 4 is 23.4 Å². The minimum atomic E-state index is -0.360. The molecular weight excluding hydrogens is 356 g/mol. The molecule has 3 amide bonds. The first-order valence-electron chi connectivity index (χ1n) is 9.34. The lowest BCUT2D eigenvalue weighted by molar-refractivity contribution is -0.135. The Morgan fingerprint density at radius 3 is 2.68 bits per heavy atom. The number of hydrogen-bond acceptors (Lipinski definition) is 4. The van der Waals surface area contributed by atoms with E-state index in [1.807, 2.05) is 43.3 Å². The molecule has 1 aromatic carbocycles. The number of amides is 3. The number of benzene rings is 1. The first-order valence-corrected chi connectivity index (χ1v) is 9.34. The molecule has 7 nitrogen and oxygen atoms in total. The standard InChI is InChI=1S/C21H24N4O3/c1-15-6-2-3-8-18(15)24-20(27)12-21(28)25(13-16-7-4-5-11-22-16)14-17-9-10-19(26)23-17/h2-8,11,17H,9-10,12-14H2,1H3,(H,23,26)(H,24,27)/t17-/m0/s1. The molecule has 28 heavy (non-hydrogen) atoms. The molecule has 1 atom stereocenters. The minimum absolute atomic E-state index is 0.00692. The van der Waals surface area contributed by atoms with E-state index in [0.29, 0.717) is 31.6 Å². The van der Waals surface area contributed by atoms with Crippen molar-refractivity contribution in [3.8, 4) is 0 Å². The van der Waals surface area contributed by atoms with Gasteiger partial charge in [-0.15, -0.1) is 0 Å². The Kier molecular flexibility index (Phi) is 6.37. The van der Waals surface area contributed by atoms with Crippen LogP contribution in [0.5, 0.6) is 0 Å². The fourth-order valence-corrected chi connectivity index (χ4v) is 3.18. The molecular formula is C21H24N4O3. The molecule has 2 aromatic rings. The number of carbonyl (C=O) groups excluding carboxylic acids is 3. The highest BCUT2D eigenvalue weighted by molar-refractivity contribution is 6.03. The molecule has 1 fully saturated rings. The third kappa shape index (κ3) is 5.39. The van der Waals surface area contributed by atoms with E-state index in [1.54, 1.807) is 17.2 Å². The molecule has 146 valence electrons. The first kappa shape index (κ1) is 19.5. The SMILES string of the molecule is Cc1ccccc1NC(=O)CC(=O)N(Cc1ccccn1)C[C@@H]1CCC(=O)N1. The van der Waals surface area contributed by atoms with Crippen LogP contribution in [-0.4, -0.2) is 40.2 Å². The van der Waals surface area contributed by atoms with E-state index in [9.17, 15) is 14.4 Å². The van der Waals surface area contributed by atoms with Gasteiger partial charge >= 0.3 is 0 Å². The van der Waals surface area contributed by atoms with Gasteiger partial charge in [0.2, 0.25) is 17.7 Å². The lowest BCUT2D eigenvalue weighted by atomic mass is 10.2. The third-order valence-corrected chi connectivity index (χ3v) is 4.69. The Balaban J connectivity index is 1.65. The number of aromatic nitrogens is 1. The van der Waals surface area contributed by atoms with Crippen molar-refractivity contribution in [1.29, 1.82) is 0 Å². The Morgan fingerprint density at radius 2 is 2.00 bits per heavy atom. The molecule has 0 aliphatic carbocycles. The summed E-state index contributed by atoms with van der Waals surface area (Å²) in [5, 5.41) is 5.66. The van der Waals surface area contributed by atoms with Crippen LogP contribution in [0.25, 0.3) is 0 Å². The zero-order valence-corrected chi connectivity index (χ0v) is 15.9. The summed E-state index contributed by atoms with van der Waals surface area (Å²) >= 11 is 0. The van der Waals surface area contributed by atoms with Crippen molar-refractivity contribution in [3.05, 3.63) is 59.9 Å². The summed E-state index contributed by atoms with van der Waals surface area (Å²) in [5.74, 6) is -0.661. The van der Waals surface area contributed by atoms with Gasteiger partial charge in [0.05, 0.1) is 12.2 Å². The van der Waals surface area contributed by atoms with Gasteiger partial charge in [-0.05, 0) is 37.1 Å². The molecule has 0 saturated carbocycles. The number of nitrogens with zero attached hydrogens (tertiary/aromatic N) is 2. The number of carbonyl (C=O) groups is 3. The van der Waals surface area contributed by atoms with Crippen LogP contribution in [0.1, 0.15) is 30.5 Å². The Hall–Kier alpha value is -3.22. The summed E-state index contributed by atoms with van der Waals surface area (Å²) in [6.45, 7) is 2.55. The fourth-order valence-electron chi connectivity index (χ4n) is 3.18. The molecule has 0 radical (unpaired) electrons. The zero-order valence-electron chi connectivity index (χ0n) is 15.9. The number of para-hydroxylation sites is 1. The number of nitrogens with one attached hydrogen (secondary N) is 2. The van der Waals surface area contributed by atoms with Gasteiger partial charge in [-0.1, -0.05) is 24.3 Å². The fraction of sp³-hybridized carbons (Fsp3) is 0.333. The third-order valence-electron chi connectivity index (χ3n) is 4.69. The van der Waals surface area contributed by atoms with Crippen LogP contribution in [0.2, 0.25) is 0 Å². The predicted molar refractivity (Wildman–Crippen MR) is 105 cm³/mol. The molecule has 0 bridgehead atoms. The summed E-state index contributed by atoms with van der Waals surface area (Å²) in [7, 11) is 0. The van der Waals surface area contributed by atoms with Crippen LogP contribution in [0.15, 0.2) is 48.7 Å². The van der Waals surface area contributed by atoms with Gasteiger partial charge in [-0.3, -0.25) is 19.4 Å². The van der Waals surface area contributed by atoms with Gasteiger partial charge < -0.3 is 15.5 Å². The molecule has 1 saturated heterocycles. The monoisotopic (exact) mass is 380 g/mol. The van der Waals surface area contributed by atoms with E-state index in [-0.39, 0.29) is 30.2 Å². The van der Waals surface area contributed by atoms with Crippen molar-refractivity contribution in [2.45, 2.75) is 38.8 Å². The minimum Gasteiger partial charge on any atom is -0.352 e. The van der Waals surface area contributed by atoms with Crippen LogP contribution in [-0.2, 0) is 20.9 Å². The van der Waals surface area contributed by atoms with Gasteiger partial charge in [0.1, 0.15) is 6.42 Å². The highest BCUT2D eigenvalue weighted by atomic mass is 16.2. The smallest absolute Gasteiger partial charge is 0.233 e. The molecule has 0 unspecified atom stereocenters. The van der Waals surface area contributed by atoms with Gasteiger partial charge in [0, 0.05) is 30.9 Å². The van der Waals surface area contributed by atoms with E-state index in [0.717, 1.165) is 11.3 Å². The lowest BCUT2D eigenvalue weighted by Crippen LogP contribution is -2.42. The van der Waals surface area contributed by atoms with Crippen LogP contribution >= 0.6 is 0 Å². The first-order chi connectivity index (χ1) is 13.5. The highest BCUT2D eigenvalue weighted by Gasteiger charge is 2.26. The van der Waals surface area contributed by atoms with Crippen molar-refractivity contribution < 1.29 is 14.4 Å². The largest absolute Gasteiger partial charge is 0.352 e. The second-order valence-electron chi connectivity index (χ2n) is 6.94. The van der Waals surface area contributed by atoms with Crippen molar-refractivity contribution in [2.75, 3.05) is 11.9 Å². The van der Waals surface area contributed by atoms with E-state index in [2.05, 4.69) is 15.6 Å². The zero-order chi connectivity index (χ0) is 19.9. The summed E-state index contributed by atoms with van der Waals surface area (Å²) in [6.07, 6.45) is 2.55. The van der Waals surface area contributed by atoms with Crippen LogP contribution in [0.3, 0.4) is 0 Å². The number of anilines is 1. The van der Waals surface area contributed by atoms with Crippen LogP contribution < -0.4 is 10.6 Å². The van der Waals surface area contributed by atoms with Gasteiger partial charge in [-0.25, -0.2) is 0 Å². The Labute approximate surface area is 164 Å². The molecule has 7 heteroatoms. The average molecular weight is 380 g/mol. The van der Waals surface area contributed by atoms with Crippen molar-refractivity contribution in [2.24, 2.45) is 0 Å². The van der Waals surface area contributed by atoms with Crippen molar-refractivity contribution in [3.63, 3.8) is 0 Å². The maximum atomic E-state index is 12.8. The average Bonchev–Trinajstić information content (AvgIpc) is 3.08. The molecule has 0 spiro atoms. The number of rotatable bonds is 7. The lowest BCUT2D eigenvalue weighted by Gasteiger charge is -2.25. The van der Waals surface area contributed by atoms with Gasteiger partial charge in [0.15, 0.2) is 0 Å². The Bertz CT molecular complexity index is 854. The molecule has 1 aliphatic heterocycles. The normalized spacial score (nSPS) is 15.8. The second-order valence-corrected chi connectivity index (χ2v) is 6.94. The molecule has 2 N–H and O–H groups in total. The van der Waals surface area contributed by atoms with E-state index >= 15 is 0 Å². The highest BCUT2D eigenvalue weighted by Crippen LogP contribution is 2.15. The number of hydrogen-bond donors (Lipinski definition) is 2. The predicted octanol–water partition coefficient (Wildman–Crippen LogP) is 2.03.